The number of nitrogens with two attached hydrogens (primary N) is 1. The highest BCUT2D eigenvalue weighted by Crippen LogP contribution is 2.26. The van der Waals surface area contributed by atoms with Crippen LogP contribution in [-0.2, 0) is 16.6 Å². The topological polar surface area (TPSA) is 81.2 Å². The van der Waals surface area contributed by atoms with Gasteiger partial charge in [-0.05, 0) is 42.5 Å². The van der Waals surface area contributed by atoms with E-state index >= 15 is 0 Å². The molecule has 0 amide bonds. The van der Waals surface area contributed by atoms with Crippen LogP contribution in [0.15, 0.2) is 95.9 Å². The molecule has 0 saturated carbocycles. The van der Waals surface area contributed by atoms with E-state index in [1.807, 2.05) is 60.3 Å². The Balaban J connectivity index is 1.73. The fraction of sp³-hybridized carbons (Fsp3) is 0.0870. The van der Waals surface area contributed by atoms with Gasteiger partial charge in [0.1, 0.15) is 0 Å². The van der Waals surface area contributed by atoms with Crippen LogP contribution in [-0.4, -0.2) is 25.2 Å². The molecule has 2 N–H and O–H groups in total. The number of rotatable bonds is 6. The molecule has 0 unspecified atom stereocenters. The highest BCUT2D eigenvalue weighted by atomic mass is 32.2. The van der Waals surface area contributed by atoms with Gasteiger partial charge in [-0.1, -0.05) is 48.5 Å². The Hall–Kier alpha value is -3.42. The van der Waals surface area contributed by atoms with Crippen molar-refractivity contribution in [2.45, 2.75) is 11.4 Å². The van der Waals surface area contributed by atoms with Crippen molar-refractivity contribution in [1.82, 2.24) is 9.78 Å². The Morgan fingerprint density at radius 1 is 0.900 bits per heavy atom. The first-order valence-electron chi connectivity index (χ1n) is 9.45. The lowest BCUT2D eigenvalue weighted by molar-refractivity contribution is 0.598. The summed E-state index contributed by atoms with van der Waals surface area (Å²) in [5.74, 6) is 0. The van der Waals surface area contributed by atoms with Gasteiger partial charge in [0.2, 0.25) is 10.0 Å². The minimum atomic E-state index is -3.74. The molecule has 0 aliphatic rings. The molecule has 0 bridgehead atoms. The van der Waals surface area contributed by atoms with E-state index in [1.165, 1.54) is 12.1 Å². The second kappa shape index (κ2) is 8.14. The van der Waals surface area contributed by atoms with E-state index in [-0.39, 0.29) is 4.90 Å². The number of para-hydroxylation sites is 1. The molecule has 1 heterocycles. The molecule has 30 heavy (non-hydrogen) atoms. The predicted molar refractivity (Wildman–Crippen MR) is 119 cm³/mol. The molecule has 152 valence electrons. The highest BCUT2D eigenvalue weighted by molar-refractivity contribution is 7.89. The summed E-state index contributed by atoms with van der Waals surface area (Å²) in [6.07, 6.45) is 0. The number of aromatic nitrogens is 2. The van der Waals surface area contributed by atoms with E-state index < -0.39 is 10.0 Å². The normalized spacial score (nSPS) is 11.4. The smallest absolute Gasteiger partial charge is 0.238 e. The van der Waals surface area contributed by atoms with Crippen molar-refractivity contribution in [2.75, 3.05) is 11.9 Å². The fourth-order valence-electron chi connectivity index (χ4n) is 3.31. The van der Waals surface area contributed by atoms with Crippen LogP contribution in [0.25, 0.3) is 16.9 Å². The second-order valence-corrected chi connectivity index (χ2v) is 8.59. The van der Waals surface area contributed by atoms with Crippen LogP contribution < -0.4 is 10.0 Å². The predicted octanol–water partition coefficient (Wildman–Crippen LogP) is 3.82. The van der Waals surface area contributed by atoms with Crippen LogP contribution in [0.3, 0.4) is 0 Å². The summed E-state index contributed by atoms with van der Waals surface area (Å²) in [6.45, 7) is 0.631. The molecule has 3 aromatic carbocycles. The van der Waals surface area contributed by atoms with Crippen LogP contribution in [0.5, 0.6) is 0 Å². The van der Waals surface area contributed by atoms with Gasteiger partial charge in [0.05, 0.1) is 28.5 Å². The van der Waals surface area contributed by atoms with Gasteiger partial charge in [0, 0.05) is 18.3 Å². The van der Waals surface area contributed by atoms with Gasteiger partial charge in [0.15, 0.2) is 0 Å². The third-order valence-electron chi connectivity index (χ3n) is 4.84. The molecule has 0 radical (unpaired) electrons. The number of anilines is 1. The van der Waals surface area contributed by atoms with Crippen molar-refractivity contribution in [2.24, 2.45) is 5.14 Å². The van der Waals surface area contributed by atoms with Gasteiger partial charge in [-0.3, -0.25) is 0 Å². The number of sulfonamides is 1. The zero-order chi connectivity index (χ0) is 21.1. The van der Waals surface area contributed by atoms with E-state index in [4.69, 9.17) is 10.2 Å². The Bertz CT molecular complexity index is 1240. The maximum atomic E-state index is 11.6. The first-order chi connectivity index (χ1) is 14.4. The van der Waals surface area contributed by atoms with E-state index in [0.717, 1.165) is 28.3 Å². The minimum Gasteiger partial charge on any atom is -0.369 e. The molecule has 4 aromatic rings. The van der Waals surface area contributed by atoms with Gasteiger partial charge in [-0.2, -0.15) is 5.10 Å². The molecule has 0 saturated heterocycles. The molecule has 0 aliphatic carbocycles. The molecule has 1 aromatic heterocycles. The molecule has 0 atom stereocenters. The quantitative estimate of drug-likeness (QED) is 0.516. The average Bonchev–Trinajstić information content (AvgIpc) is 3.18. The molecular weight excluding hydrogens is 396 g/mol. The maximum Gasteiger partial charge on any atom is 0.238 e. The summed E-state index contributed by atoms with van der Waals surface area (Å²) >= 11 is 0. The van der Waals surface area contributed by atoms with Crippen molar-refractivity contribution < 1.29 is 8.42 Å². The Kier molecular flexibility index (Phi) is 5.39. The van der Waals surface area contributed by atoms with Gasteiger partial charge in [0.25, 0.3) is 0 Å². The highest BCUT2D eigenvalue weighted by Gasteiger charge is 2.14. The molecule has 4 rings (SSSR count). The van der Waals surface area contributed by atoms with Crippen molar-refractivity contribution in [1.29, 1.82) is 0 Å². The van der Waals surface area contributed by atoms with Crippen molar-refractivity contribution in [3.05, 3.63) is 96.7 Å². The van der Waals surface area contributed by atoms with E-state index in [9.17, 15) is 8.42 Å². The van der Waals surface area contributed by atoms with Crippen LogP contribution >= 0.6 is 0 Å². The van der Waals surface area contributed by atoms with Crippen LogP contribution in [0, 0.1) is 0 Å². The number of primary sulfonamides is 1. The summed E-state index contributed by atoms with van der Waals surface area (Å²) < 4.78 is 25.0. The monoisotopic (exact) mass is 418 g/mol. The van der Waals surface area contributed by atoms with E-state index in [1.54, 1.807) is 12.1 Å². The molecule has 0 fully saturated rings. The number of benzene rings is 3. The first-order valence-corrected chi connectivity index (χ1v) is 11.0. The van der Waals surface area contributed by atoms with Gasteiger partial charge in [-0.25, -0.2) is 18.2 Å². The zero-order valence-electron chi connectivity index (χ0n) is 16.5. The third-order valence-corrected chi connectivity index (χ3v) is 5.76. The molecule has 0 spiro atoms. The number of hydrogen-bond donors (Lipinski definition) is 1. The van der Waals surface area contributed by atoms with E-state index in [2.05, 4.69) is 23.1 Å². The number of nitrogens with zero attached hydrogens (tertiary/aromatic N) is 3. The van der Waals surface area contributed by atoms with Gasteiger partial charge >= 0.3 is 0 Å². The lowest BCUT2D eigenvalue weighted by atomic mass is 10.1. The standard InChI is InChI=1S/C23H22N4O2S/c1-26(20-10-6-3-7-11-20)17-19-16-23(18-8-4-2-5-9-18)27(25-19)21-12-14-22(15-13-21)30(24,28)29/h2-16H,17H2,1H3,(H2,24,28,29). The average molecular weight is 419 g/mol. The third kappa shape index (κ3) is 4.27. The summed E-state index contributed by atoms with van der Waals surface area (Å²) in [6, 6.07) is 28.6. The summed E-state index contributed by atoms with van der Waals surface area (Å²) in [5, 5.41) is 10.0. The molecule has 6 nitrogen and oxygen atoms in total. The molecule has 7 heteroatoms. The minimum absolute atomic E-state index is 0.0729. The number of hydrogen-bond acceptors (Lipinski definition) is 4. The van der Waals surface area contributed by atoms with Gasteiger partial charge in [-0.15, -0.1) is 0 Å². The maximum absolute atomic E-state index is 11.6. The lowest BCUT2D eigenvalue weighted by Gasteiger charge is -2.17. The van der Waals surface area contributed by atoms with Crippen molar-refractivity contribution >= 4 is 15.7 Å². The Morgan fingerprint density at radius 2 is 1.50 bits per heavy atom. The lowest BCUT2D eigenvalue weighted by Crippen LogP contribution is -2.16. The Labute approximate surface area is 176 Å². The molecule has 0 aliphatic heterocycles. The fourth-order valence-corrected chi connectivity index (χ4v) is 3.83. The Morgan fingerprint density at radius 3 is 2.10 bits per heavy atom. The van der Waals surface area contributed by atoms with Crippen molar-refractivity contribution in [3.8, 4) is 16.9 Å². The second-order valence-electron chi connectivity index (χ2n) is 7.03. The van der Waals surface area contributed by atoms with Crippen LogP contribution in [0.4, 0.5) is 5.69 Å². The first kappa shape index (κ1) is 19.9. The molecular formula is C23H22N4O2S. The zero-order valence-corrected chi connectivity index (χ0v) is 17.3. The van der Waals surface area contributed by atoms with Crippen LogP contribution in [0.2, 0.25) is 0 Å². The SMILES string of the molecule is CN(Cc1cc(-c2ccccc2)n(-c2ccc(S(N)(=O)=O)cc2)n1)c1ccccc1. The summed E-state index contributed by atoms with van der Waals surface area (Å²) in [4.78, 5) is 2.20. The van der Waals surface area contributed by atoms with Gasteiger partial charge < -0.3 is 4.90 Å². The summed E-state index contributed by atoms with van der Waals surface area (Å²) in [5.41, 5.74) is 4.71. The van der Waals surface area contributed by atoms with Crippen LogP contribution in [0.1, 0.15) is 5.69 Å². The largest absolute Gasteiger partial charge is 0.369 e. The van der Waals surface area contributed by atoms with Crippen molar-refractivity contribution in [3.63, 3.8) is 0 Å². The summed E-state index contributed by atoms with van der Waals surface area (Å²) in [7, 11) is -1.72. The van der Waals surface area contributed by atoms with E-state index in [0.29, 0.717) is 6.54 Å².